The maximum Gasteiger partial charge on any atom is 0.0603 e. The van der Waals surface area contributed by atoms with Gasteiger partial charge in [0.05, 0.1) is 11.4 Å². The molecule has 0 aromatic heterocycles. The third kappa shape index (κ3) is 3.82. The van der Waals surface area contributed by atoms with E-state index in [1.165, 1.54) is 31.2 Å². The van der Waals surface area contributed by atoms with Crippen LogP contribution >= 0.6 is 0 Å². The van der Waals surface area contributed by atoms with Crippen LogP contribution in [-0.2, 0) is 0 Å². The van der Waals surface area contributed by atoms with Gasteiger partial charge in [-0.25, -0.2) is 0 Å². The minimum Gasteiger partial charge on any atom is -0.397 e. The second-order valence-corrected chi connectivity index (χ2v) is 4.03. The van der Waals surface area contributed by atoms with Crippen LogP contribution in [0.4, 0.5) is 11.4 Å². The Morgan fingerprint density at radius 1 is 1.20 bits per heavy atom. The number of nitrogens with two attached hydrogens (primary N) is 1. The summed E-state index contributed by atoms with van der Waals surface area (Å²) in [6.07, 6.45) is 5.13. The molecular formula is C13H22N2. The molecule has 0 aliphatic heterocycles. The van der Waals surface area contributed by atoms with Crippen molar-refractivity contribution < 1.29 is 0 Å². The Hall–Kier alpha value is -1.18. The van der Waals surface area contributed by atoms with E-state index in [1.54, 1.807) is 0 Å². The number of nitrogens with one attached hydrogen (secondary N) is 1. The largest absolute Gasteiger partial charge is 0.397 e. The Morgan fingerprint density at radius 3 is 2.67 bits per heavy atom. The normalized spacial score (nSPS) is 10.3. The highest BCUT2D eigenvalue weighted by atomic mass is 14.9. The van der Waals surface area contributed by atoms with Crippen molar-refractivity contribution in [1.82, 2.24) is 0 Å². The summed E-state index contributed by atoms with van der Waals surface area (Å²) in [6.45, 7) is 5.34. The molecule has 0 unspecified atom stereocenters. The van der Waals surface area contributed by atoms with Crippen LogP contribution in [0.1, 0.15) is 38.2 Å². The topological polar surface area (TPSA) is 38.0 Å². The molecule has 0 atom stereocenters. The number of anilines is 2. The Bertz CT molecular complexity index is 274. The highest BCUT2D eigenvalue weighted by molar-refractivity contribution is 5.69. The van der Waals surface area contributed by atoms with Crippen molar-refractivity contribution in [3.8, 4) is 0 Å². The van der Waals surface area contributed by atoms with Gasteiger partial charge in [-0.05, 0) is 25.0 Å². The minimum atomic E-state index is 0.852. The lowest BCUT2D eigenvalue weighted by Gasteiger charge is -2.11. The number of unbranched alkanes of at least 4 members (excludes halogenated alkanes) is 3. The van der Waals surface area contributed by atoms with Gasteiger partial charge in [-0.1, -0.05) is 38.3 Å². The van der Waals surface area contributed by atoms with E-state index in [0.717, 1.165) is 17.9 Å². The first-order valence-corrected chi connectivity index (χ1v) is 5.84. The van der Waals surface area contributed by atoms with Crippen molar-refractivity contribution in [1.29, 1.82) is 0 Å². The molecule has 0 aliphatic rings. The first kappa shape index (κ1) is 11.9. The average molecular weight is 206 g/mol. The van der Waals surface area contributed by atoms with Crippen LogP contribution in [0.5, 0.6) is 0 Å². The lowest BCUT2D eigenvalue weighted by atomic mass is 10.1. The quantitative estimate of drug-likeness (QED) is 0.551. The van der Waals surface area contributed by atoms with Gasteiger partial charge in [0.15, 0.2) is 0 Å². The Balaban J connectivity index is 2.37. The third-order valence-corrected chi connectivity index (χ3v) is 2.64. The van der Waals surface area contributed by atoms with Gasteiger partial charge in [0.1, 0.15) is 0 Å². The highest BCUT2D eigenvalue weighted by Gasteiger charge is 2.00. The fourth-order valence-electron chi connectivity index (χ4n) is 1.70. The molecule has 0 aliphatic carbocycles. The van der Waals surface area contributed by atoms with Crippen LogP contribution in [0.15, 0.2) is 18.2 Å². The average Bonchev–Trinajstić information content (AvgIpc) is 2.21. The fourth-order valence-corrected chi connectivity index (χ4v) is 1.70. The first-order valence-electron chi connectivity index (χ1n) is 5.84. The van der Waals surface area contributed by atoms with Crippen LogP contribution in [0.2, 0.25) is 0 Å². The monoisotopic (exact) mass is 206 g/mol. The molecule has 0 saturated carbocycles. The van der Waals surface area contributed by atoms with Crippen LogP contribution in [-0.4, -0.2) is 6.54 Å². The number of benzene rings is 1. The summed E-state index contributed by atoms with van der Waals surface area (Å²) in [5.41, 5.74) is 9.08. The predicted octanol–water partition coefficient (Wildman–Crippen LogP) is 3.57. The SMILES string of the molecule is CCCCCCNc1c(C)cccc1N. The summed E-state index contributed by atoms with van der Waals surface area (Å²) in [7, 11) is 0. The Kier molecular flexibility index (Phi) is 5.02. The Labute approximate surface area is 92.9 Å². The second kappa shape index (κ2) is 6.33. The number of aryl methyl sites for hydroxylation is 1. The van der Waals surface area contributed by atoms with E-state index in [-0.39, 0.29) is 0 Å². The second-order valence-electron chi connectivity index (χ2n) is 4.03. The van der Waals surface area contributed by atoms with Gasteiger partial charge in [-0.3, -0.25) is 0 Å². The number of rotatable bonds is 6. The highest BCUT2D eigenvalue weighted by Crippen LogP contribution is 2.22. The van der Waals surface area contributed by atoms with Crippen molar-refractivity contribution in [2.24, 2.45) is 0 Å². The smallest absolute Gasteiger partial charge is 0.0603 e. The van der Waals surface area contributed by atoms with E-state index in [9.17, 15) is 0 Å². The van der Waals surface area contributed by atoms with Crippen LogP contribution < -0.4 is 11.1 Å². The third-order valence-electron chi connectivity index (χ3n) is 2.64. The zero-order valence-electron chi connectivity index (χ0n) is 9.84. The molecular weight excluding hydrogens is 184 g/mol. The molecule has 0 saturated heterocycles. The summed E-state index contributed by atoms with van der Waals surface area (Å²) >= 11 is 0. The van der Waals surface area contributed by atoms with E-state index < -0.39 is 0 Å². The maximum atomic E-state index is 5.90. The van der Waals surface area contributed by atoms with Gasteiger partial charge in [0, 0.05) is 6.54 Å². The lowest BCUT2D eigenvalue weighted by molar-refractivity contribution is 0.685. The van der Waals surface area contributed by atoms with Gasteiger partial charge >= 0.3 is 0 Å². The molecule has 0 fully saturated rings. The molecule has 0 bridgehead atoms. The molecule has 0 spiro atoms. The molecule has 0 amide bonds. The van der Waals surface area contributed by atoms with Crippen molar-refractivity contribution in [2.45, 2.75) is 39.5 Å². The molecule has 0 heterocycles. The van der Waals surface area contributed by atoms with Gasteiger partial charge in [-0.2, -0.15) is 0 Å². The van der Waals surface area contributed by atoms with Gasteiger partial charge in [0.2, 0.25) is 0 Å². The molecule has 2 nitrogen and oxygen atoms in total. The predicted molar refractivity (Wildman–Crippen MR) is 68.2 cm³/mol. The van der Waals surface area contributed by atoms with Crippen molar-refractivity contribution in [3.05, 3.63) is 23.8 Å². The van der Waals surface area contributed by atoms with E-state index in [0.29, 0.717) is 0 Å². The summed E-state index contributed by atoms with van der Waals surface area (Å²) in [6, 6.07) is 6.03. The molecule has 3 N–H and O–H groups in total. The number of nitrogen functional groups attached to an aromatic ring is 1. The zero-order valence-corrected chi connectivity index (χ0v) is 9.84. The summed E-state index contributed by atoms with van der Waals surface area (Å²) in [4.78, 5) is 0. The molecule has 0 radical (unpaired) electrons. The maximum absolute atomic E-state index is 5.90. The molecule has 1 rings (SSSR count). The summed E-state index contributed by atoms with van der Waals surface area (Å²) in [5.74, 6) is 0. The lowest BCUT2D eigenvalue weighted by Crippen LogP contribution is -2.05. The number of hydrogen-bond donors (Lipinski definition) is 2. The van der Waals surface area contributed by atoms with Gasteiger partial charge < -0.3 is 11.1 Å². The van der Waals surface area contributed by atoms with Crippen molar-refractivity contribution in [3.63, 3.8) is 0 Å². The van der Waals surface area contributed by atoms with Crippen LogP contribution in [0.3, 0.4) is 0 Å². The standard InChI is InChI=1S/C13H22N2/c1-3-4-5-6-10-15-13-11(2)8-7-9-12(13)14/h7-9,15H,3-6,10,14H2,1-2H3. The molecule has 2 heteroatoms. The molecule has 84 valence electrons. The van der Waals surface area contributed by atoms with Crippen molar-refractivity contribution >= 4 is 11.4 Å². The number of para-hydroxylation sites is 1. The van der Waals surface area contributed by atoms with E-state index >= 15 is 0 Å². The van der Waals surface area contributed by atoms with Gasteiger partial charge in [0.25, 0.3) is 0 Å². The van der Waals surface area contributed by atoms with E-state index in [2.05, 4.69) is 25.2 Å². The number of hydrogen-bond acceptors (Lipinski definition) is 2. The molecule has 1 aromatic carbocycles. The van der Waals surface area contributed by atoms with Crippen LogP contribution in [0.25, 0.3) is 0 Å². The fraction of sp³-hybridized carbons (Fsp3) is 0.538. The summed E-state index contributed by atoms with van der Waals surface area (Å²) in [5, 5.41) is 3.42. The minimum absolute atomic E-state index is 0.852. The molecule has 1 aromatic rings. The van der Waals surface area contributed by atoms with E-state index in [1.807, 2.05) is 12.1 Å². The zero-order chi connectivity index (χ0) is 11.1. The molecule has 15 heavy (non-hydrogen) atoms. The van der Waals surface area contributed by atoms with Crippen molar-refractivity contribution in [2.75, 3.05) is 17.6 Å². The van der Waals surface area contributed by atoms with Gasteiger partial charge in [-0.15, -0.1) is 0 Å². The van der Waals surface area contributed by atoms with E-state index in [4.69, 9.17) is 5.73 Å². The Morgan fingerprint density at radius 2 is 2.00 bits per heavy atom. The summed E-state index contributed by atoms with van der Waals surface area (Å²) < 4.78 is 0. The van der Waals surface area contributed by atoms with Crippen LogP contribution in [0, 0.1) is 6.92 Å². The first-order chi connectivity index (χ1) is 7.25.